The first kappa shape index (κ1) is 31.3. The molecular weight excluding hydrogens is 619 g/mol. The summed E-state index contributed by atoms with van der Waals surface area (Å²) < 4.78 is 12.4. The molecule has 1 N–H and O–H groups in total. The van der Waals surface area contributed by atoms with Crippen molar-refractivity contribution in [2.24, 2.45) is 0 Å². The van der Waals surface area contributed by atoms with E-state index in [-0.39, 0.29) is 11.3 Å². The highest BCUT2D eigenvalue weighted by molar-refractivity contribution is 7.67. The van der Waals surface area contributed by atoms with Gasteiger partial charge in [-0.05, 0) is 74.1 Å². The summed E-state index contributed by atoms with van der Waals surface area (Å²) in [4.78, 5) is 0. The molecular formula is C45H39O3P. The Balaban J connectivity index is 1.54. The first-order chi connectivity index (χ1) is 24.2. The average Bonchev–Trinajstić information content (AvgIpc) is 3.17. The van der Waals surface area contributed by atoms with Crippen LogP contribution in [0, 0.1) is 0 Å². The van der Waals surface area contributed by atoms with Gasteiger partial charge in [0.05, 0.1) is 20.3 Å². The number of hydrogen-bond acceptors (Lipinski definition) is 3. The number of benzene rings is 7. The van der Waals surface area contributed by atoms with E-state index in [1.165, 1.54) is 38.3 Å². The number of fused-ring (bicyclic) bond motifs is 2. The molecule has 3 nitrogen and oxygen atoms in total. The molecule has 0 spiro atoms. The van der Waals surface area contributed by atoms with Crippen molar-refractivity contribution in [2.75, 3.05) is 14.2 Å². The van der Waals surface area contributed by atoms with E-state index in [4.69, 9.17) is 9.47 Å². The minimum absolute atomic E-state index is 0.118. The lowest BCUT2D eigenvalue weighted by atomic mass is 9.92. The van der Waals surface area contributed by atoms with Crippen molar-refractivity contribution >= 4 is 34.8 Å². The van der Waals surface area contributed by atoms with Crippen molar-refractivity contribution in [3.63, 3.8) is 0 Å². The summed E-state index contributed by atoms with van der Waals surface area (Å²) in [5, 5.41) is 17.6. The Labute approximate surface area is 289 Å². The van der Waals surface area contributed by atoms with Crippen molar-refractivity contribution < 1.29 is 14.6 Å². The van der Waals surface area contributed by atoms with Gasteiger partial charge in [-0.3, -0.25) is 0 Å². The molecule has 0 radical (unpaired) electrons. The number of ether oxygens (including phenoxy) is 2. The summed E-state index contributed by atoms with van der Waals surface area (Å²) in [5.74, 6) is 1.70. The Morgan fingerprint density at radius 1 is 0.490 bits per heavy atom. The third-order valence-corrected chi connectivity index (χ3v) is 13.4. The highest BCUT2D eigenvalue weighted by Crippen LogP contribution is 2.69. The highest BCUT2D eigenvalue weighted by Gasteiger charge is 2.42. The molecule has 0 bridgehead atoms. The van der Waals surface area contributed by atoms with Gasteiger partial charge in [-0.1, -0.05) is 147 Å². The fraction of sp³-hybridized carbons (Fsp3) is 0.156. The van der Waals surface area contributed by atoms with Crippen LogP contribution in [0.3, 0.4) is 0 Å². The van der Waals surface area contributed by atoms with Gasteiger partial charge in [0.2, 0.25) is 0 Å². The lowest BCUT2D eigenvalue weighted by Crippen LogP contribution is -2.28. The van der Waals surface area contributed by atoms with Crippen LogP contribution in [0.5, 0.6) is 11.5 Å². The average molecular weight is 659 g/mol. The summed E-state index contributed by atoms with van der Waals surface area (Å²) in [6, 6.07) is 54.2. The molecule has 1 saturated heterocycles. The van der Waals surface area contributed by atoms with E-state index < -0.39 is 14.0 Å². The van der Waals surface area contributed by atoms with Gasteiger partial charge in [-0.15, -0.1) is 0 Å². The predicted molar refractivity (Wildman–Crippen MR) is 206 cm³/mol. The van der Waals surface area contributed by atoms with Gasteiger partial charge < -0.3 is 14.6 Å². The van der Waals surface area contributed by atoms with Gasteiger partial charge in [0.1, 0.15) is 11.5 Å². The number of hydrogen-bond donors (Lipinski definition) is 1. The number of aliphatic hydroxyl groups is 1. The second-order valence-corrected chi connectivity index (χ2v) is 15.3. The van der Waals surface area contributed by atoms with Crippen molar-refractivity contribution in [3.8, 4) is 33.8 Å². The molecule has 7 aromatic carbocycles. The minimum atomic E-state index is -0.978. The minimum Gasteiger partial charge on any atom is -0.496 e. The summed E-state index contributed by atoms with van der Waals surface area (Å²) >= 11 is 0. The summed E-state index contributed by atoms with van der Waals surface area (Å²) in [6.45, 7) is 0. The summed E-state index contributed by atoms with van der Waals surface area (Å²) in [5.41, 5.74) is 7.32. The Morgan fingerprint density at radius 3 is 1.37 bits per heavy atom. The smallest absolute Gasteiger partial charge is 0.127 e. The number of methoxy groups -OCH3 is 2. The third kappa shape index (κ3) is 5.68. The van der Waals surface area contributed by atoms with Crippen molar-refractivity contribution in [3.05, 3.63) is 163 Å². The van der Waals surface area contributed by atoms with E-state index in [0.29, 0.717) is 12.8 Å². The van der Waals surface area contributed by atoms with Crippen LogP contribution in [-0.2, 0) is 0 Å². The zero-order chi connectivity index (χ0) is 33.3. The van der Waals surface area contributed by atoms with E-state index in [9.17, 15) is 5.11 Å². The Kier molecular flexibility index (Phi) is 8.64. The zero-order valence-electron chi connectivity index (χ0n) is 27.8. The molecule has 4 heteroatoms. The van der Waals surface area contributed by atoms with Crippen LogP contribution in [0.15, 0.2) is 152 Å². The SMILES string of the molecule is COc1ccc2ccccc2c1-c1cccc(-c2c(OC)ccc3ccccc23)c1P1C(c2ccccc2)CC(O)CC1c1ccccc1. The highest BCUT2D eigenvalue weighted by atomic mass is 31.1. The largest absolute Gasteiger partial charge is 0.496 e. The van der Waals surface area contributed by atoms with Gasteiger partial charge in [-0.25, -0.2) is 0 Å². The van der Waals surface area contributed by atoms with Crippen LogP contribution >= 0.6 is 7.92 Å². The van der Waals surface area contributed by atoms with Crippen molar-refractivity contribution in [1.29, 1.82) is 0 Å². The van der Waals surface area contributed by atoms with Crippen LogP contribution in [0.1, 0.15) is 35.3 Å². The fourth-order valence-corrected chi connectivity index (χ4v) is 11.8. The fourth-order valence-electron chi connectivity index (χ4n) is 7.94. The first-order valence-electron chi connectivity index (χ1n) is 17.0. The zero-order valence-corrected chi connectivity index (χ0v) is 28.7. The van der Waals surface area contributed by atoms with E-state index in [1.807, 2.05) is 0 Å². The summed E-state index contributed by atoms with van der Waals surface area (Å²) in [6.07, 6.45) is 0.988. The van der Waals surface area contributed by atoms with Gasteiger partial charge in [0, 0.05) is 22.4 Å². The molecule has 0 aromatic heterocycles. The first-order valence-corrected chi connectivity index (χ1v) is 18.5. The maximum Gasteiger partial charge on any atom is 0.127 e. The maximum absolute atomic E-state index is 11.6. The van der Waals surface area contributed by atoms with Gasteiger partial charge in [-0.2, -0.15) is 0 Å². The van der Waals surface area contributed by atoms with Crippen LogP contribution in [0.4, 0.5) is 0 Å². The lowest BCUT2D eigenvalue weighted by molar-refractivity contribution is 0.146. The second kappa shape index (κ2) is 13.5. The van der Waals surface area contributed by atoms with E-state index in [1.54, 1.807) is 14.2 Å². The molecule has 2 atom stereocenters. The molecule has 8 rings (SSSR count). The van der Waals surface area contributed by atoms with Crippen LogP contribution in [0.25, 0.3) is 43.8 Å². The van der Waals surface area contributed by atoms with E-state index in [2.05, 4.69) is 152 Å². The molecule has 1 heterocycles. The molecule has 0 aliphatic carbocycles. The van der Waals surface area contributed by atoms with Gasteiger partial charge >= 0.3 is 0 Å². The normalized spacial score (nSPS) is 19.2. The van der Waals surface area contributed by atoms with Crippen LogP contribution in [-0.4, -0.2) is 25.4 Å². The molecule has 49 heavy (non-hydrogen) atoms. The Morgan fingerprint density at radius 2 is 0.918 bits per heavy atom. The molecule has 242 valence electrons. The number of aliphatic hydroxyl groups excluding tert-OH is 1. The van der Waals surface area contributed by atoms with Crippen LogP contribution in [0.2, 0.25) is 0 Å². The van der Waals surface area contributed by atoms with Crippen molar-refractivity contribution in [1.82, 2.24) is 0 Å². The lowest BCUT2D eigenvalue weighted by Gasteiger charge is -2.43. The van der Waals surface area contributed by atoms with Crippen molar-refractivity contribution in [2.45, 2.75) is 30.3 Å². The summed E-state index contributed by atoms with van der Waals surface area (Å²) in [7, 11) is 2.56. The standard InChI is InChI=1S/C45H39O3P/c1-47-39-26-24-30-14-9-11-20-35(30)43(39)37-22-13-23-38(44-36-21-12-10-15-31(36)25-27-40(44)48-2)45(37)49-41(32-16-5-3-6-17-32)28-34(46)29-42(49)33-18-7-4-8-19-33/h3-27,34,41-42,46H,28-29H2,1-2H3. The molecule has 2 unspecified atom stereocenters. The number of rotatable bonds is 7. The van der Waals surface area contributed by atoms with Crippen LogP contribution < -0.4 is 14.8 Å². The molecule has 1 fully saturated rings. The topological polar surface area (TPSA) is 38.7 Å². The van der Waals surface area contributed by atoms with E-state index in [0.717, 1.165) is 33.4 Å². The van der Waals surface area contributed by atoms with E-state index >= 15 is 0 Å². The maximum atomic E-state index is 11.6. The van der Waals surface area contributed by atoms with Gasteiger partial charge in [0.15, 0.2) is 0 Å². The Bertz CT molecular complexity index is 2090. The molecule has 7 aromatic rings. The Hall–Kier alpha value is -4.95. The second-order valence-electron chi connectivity index (χ2n) is 12.8. The predicted octanol–water partition coefficient (Wildman–Crippen LogP) is 11.1. The molecule has 0 saturated carbocycles. The molecule has 1 aliphatic rings. The monoisotopic (exact) mass is 658 g/mol. The third-order valence-electron chi connectivity index (χ3n) is 10.1. The molecule has 0 amide bonds. The van der Waals surface area contributed by atoms with Gasteiger partial charge in [0.25, 0.3) is 0 Å². The molecule has 1 aliphatic heterocycles. The quantitative estimate of drug-likeness (QED) is 0.173.